The fourth-order valence-corrected chi connectivity index (χ4v) is 4.03. The number of benzene rings is 2. The predicted molar refractivity (Wildman–Crippen MR) is 115 cm³/mol. The van der Waals surface area contributed by atoms with Gasteiger partial charge in [-0.25, -0.2) is 14.2 Å². The Bertz CT molecular complexity index is 1250. The van der Waals surface area contributed by atoms with Crippen LogP contribution < -0.4 is 11.2 Å². The highest BCUT2D eigenvalue weighted by atomic mass is 32.1. The number of carboxylic acid groups (broad SMARTS) is 1. The molecule has 0 bridgehead atoms. The molecule has 0 saturated carbocycles. The normalized spacial score (nSPS) is 12.1. The first kappa shape index (κ1) is 20.6. The van der Waals surface area contributed by atoms with Gasteiger partial charge in [0.25, 0.3) is 5.56 Å². The van der Waals surface area contributed by atoms with Crippen LogP contribution in [-0.2, 0) is 11.3 Å². The molecule has 0 radical (unpaired) electrons. The molecule has 0 aliphatic carbocycles. The number of hydrogen-bond donors (Lipinski definition) is 3. The lowest BCUT2D eigenvalue weighted by Gasteiger charge is -2.18. The molecular formula is C21H21N3O4S. The Morgan fingerprint density at radius 1 is 1.21 bits per heavy atom. The molecule has 150 valence electrons. The van der Waals surface area contributed by atoms with E-state index in [-0.39, 0.29) is 17.6 Å². The van der Waals surface area contributed by atoms with Crippen LogP contribution in [0.1, 0.15) is 29.7 Å². The molecule has 29 heavy (non-hydrogen) atoms. The van der Waals surface area contributed by atoms with Gasteiger partial charge < -0.3 is 10.5 Å². The van der Waals surface area contributed by atoms with E-state index in [4.69, 9.17) is 5.41 Å². The van der Waals surface area contributed by atoms with Crippen molar-refractivity contribution in [2.24, 2.45) is 0 Å². The summed E-state index contributed by atoms with van der Waals surface area (Å²) in [5, 5.41) is 18.2. The number of fused-ring (bicyclic) bond motifs is 1. The van der Waals surface area contributed by atoms with Crippen molar-refractivity contribution >= 4 is 35.2 Å². The van der Waals surface area contributed by atoms with Gasteiger partial charge in [-0.15, -0.1) is 12.6 Å². The highest BCUT2D eigenvalue weighted by Crippen LogP contribution is 2.22. The molecule has 0 fully saturated rings. The zero-order valence-electron chi connectivity index (χ0n) is 16.3. The second kappa shape index (κ2) is 7.71. The second-order valence-electron chi connectivity index (χ2n) is 7.03. The van der Waals surface area contributed by atoms with Crippen LogP contribution in [0.15, 0.2) is 50.9 Å². The van der Waals surface area contributed by atoms with Crippen molar-refractivity contribution in [2.45, 2.75) is 38.3 Å². The molecule has 3 aromatic rings. The number of para-hydroxylation sites is 1. The Balaban J connectivity index is 2.25. The van der Waals surface area contributed by atoms with Crippen LogP contribution in [0, 0.1) is 19.3 Å². The second-order valence-corrected chi connectivity index (χ2v) is 7.51. The van der Waals surface area contributed by atoms with Crippen LogP contribution >= 0.6 is 12.6 Å². The summed E-state index contributed by atoms with van der Waals surface area (Å²) in [7, 11) is 0. The van der Waals surface area contributed by atoms with E-state index in [1.54, 1.807) is 24.3 Å². The number of hydrogen-bond acceptors (Lipinski definition) is 5. The van der Waals surface area contributed by atoms with E-state index >= 15 is 0 Å². The van der Waals surface area contributed by atoms with Gasteiger partial charge >= 0.3 is 11.7 Å². The van der Waals surface area contributed by atoms with Crippen LogP contribution in [0.5, 0.6) is 0 Å². The van der Waals surface area contributed by atoms with Gasteiger partial charge in [-0.3, -0.25) is 9.36 Å². The summed E-state index contributed by atoms with van der Waals surface area (Å²) in [5.74, 6) is -1.28. The molecule has 7 nitrogen and oxygen atoms in total. The predicted octanol–water partition coefficient (Wildman–Crippen LogP) is 2.78. The van der Waals surface area contributed by atoms with Crippen LogP contribution in [0.2, 0.25) is 0 Å². The van der Waals surface area contributed by atoms with Gasteiger partial charge in [-0.1, -0.05) is 18.2 Å². The summed E-state index contributed by atoms with van der Waals surface area (Å²) in [6, 6.07) is 8.94. The number of thiol groups is 1. The number of carbonyl (C=O) groups is 1. The first-order chi connectivity index (χ1) is 13.6. The molecule has 0 saturated heterocycles. The minimum Gasteiger partial charge on any atom is -0.480 e. The zero-order chi connectivity index (χ0) is 21.5. The lowest BCUT2D eigenvalue weighted by molar-refractivity contribution is -0.140. The smallest absolute Gasteiger partial charge is 0.332 e. The molecule has 0 amide bonds. The van der Waals surface area contributed by atoms with Crippen molar-refractivity contribution in [3.8, 4) is 0 Å². The number of carboxylic acids is 1. The first-order valence-electron chi connectivity index (χ1n) is 8.98. The number of nitrogens with one attached hydrogen (secondary N) is 1. The van der Waals surface area contributed by atoms with Gasteiger partial charge in [-0.2, -0.15) is 0 Å². The van der Waals surface area contributed by atoms with E-state index in [9.17, 15) is 19.5 Å². The number of aliphatic carboxylic acids is 1. The Kier molecular flexibility index (Phi) is 5.48. The highest BCUT2D eigenvalue weighted by Gasteiger charge is 2.23. The minimum absolute atomic E-state index is 0.122. The van der Waals surface area contributed by atoms with Crippen molar-refractivity contribution < 1.29 is 9.90 Å². The van der Waals surface area contributed by atoms with Gasteiger partial charge in [0.1, 0.15) is 6.04 Å². The van der Waals surface area contributed by atoms with Crippen LogP contribution in [-0.4, -0.2) is 25.9 Å². The molecule has 2 aromatic carbocycles. The lowest BCUT2D eigenvalue weighted by atomic mass is 10.0. The fraction of sp³-hybridized carbons (Fsp3) is 0.238. The number of aromatic nitrogens is 2. The minimum atomic E-state index is -1.33. The zero-order valence-corrected chi connectivity index (χ0v) is 17.2. The highest BCUT2D eigenvalue weighted by molar-refractivity contribution is 7.80. The molecule has 0 unspecified atom stereocenters. The van der Waals surface area contributed by atoms with E-state index in [1.165, 1.54) is 11.5 Å². The molecule has 0 aliphatic heterocycles. The average Bonchev–Trinajstić information content (AvgIpc) is 2.64. The average molecular weight is 411 g/mol. The summed E-state index contributed by atoms with van der Waals surface area (Å²) in [5.41, 5.74) is 1.54. The number of nitrogens with zero attached hydrogens (tertiary/aromatic N) is 2. The molecule has 1 atom stereocenters. The van der Waals surface area contributed by atoms with Crippen molar-refractivity contribution in [2.75, 3.05) is 0 Å². The molecule has 8 heteroatoms. The Morgan fingerprint density at radius 2 is 1.86 bits per heavy atom. The van der Waals surface area contributed by atoms with E-state index in [2.05, 4.69) is 12.6 Å². The summed E-state index contributed by atoms with van der Waals surface area (Å²) in [4.78, 5) is 37.9. The van der Waals surface area contributed by atoms with Gasteiger partial charge in [0.05, 0.1) is 23.2 Å². The lowest BCUT2D eigenvalue weighted by Crippen LogP contribution is -2.44. The largest absolute Gasteiger partial charge is 0.480 e. The Morgan fingerprint density at radius 3 is 2.48 bits per heavy atom. The summed E-state index contributed by atoms with van der Waals surface area (Å²) < 4.78 is 1.99. The molecule has 3 rings (SSSR count). The number of aryl methyl sites for hydroxylation is 2. The van der Waals surface area contributed by atoms with Gasteiger partial charge in [-0.05, 0) is 50.1 Å². The number of rotatable bonds is 5. The Hall–Kier alpha value is -3.13. The SMILES string of the molecule is Cc1cc(C)c(C(=N)Cn2c(=O)n([C@@H](C)C(=O)O)c(=O)c3ccccc32)c(S)c1. The Labute approximate surface area is 172 Å². The topological polar surface area (TPSA) is 105 Å². The van der Waals surface area contributed by atoms with Crippen LogP contribution in [0.3, 0.4) is 0 Å². The van der Waals surface area contributed by atoms with E-state index in [0.717, 1.165) is 15.7 Å². The van der Waals surface area contributed by atoms with Gasteiger partial charge in [0, 0.05) is 10.5 Å². The summed E-state index contributed by atoms with van der Waals surface area (Å²) in [6.45, 7) is 4.96. The first-order valence-corrected chi connectivity index (χ1v) is 9.43. The molecule has 1 heterocycles. The van der Waals surface area contributed by atoms with Crippen LogP contribution in [0.4, 0.5) is 0 Å². The van der Waals surface area contributed by atoms with E-state index in [0.29, 0.717) is 16.0 Å². The molecular weight excluding hydrogens is 390 g/mol. The third-order valence-electron chi connectivity index (χ3n) is 4.90. The molecule has 2 N–H and O–H groups in total. The molecule has 0 aliphatic rings. The van der Waals surface area contributed by atoms with Crippen molar-refractivity contribution in [1.29, 1.82) is 5.41 Å². The summed E-state index contributed by atoms with van der Waals surface area (Å²) in [6.07, 6.45) is 0. The quantitative estimate of drug-likeness (QED) is 0.443. The third-order valence-corrected chi connectivity index (χ3v) is 5.26. The standard InChI is InChI=1S/C21H21N3O4S/c1-11-8-12(2)18(17(29)9-11)15(22)10-23-16-7-5-4-6-14(16)19(25)24(21(23)28)13(3)20(26)27/h4-9,13,22,29H,10H2,1-3H3,(H,26,27)/t13-/m0/s1. The van der Waals surface area contributed by atoms with Crippen LogP contribution in [0.25, 0.3) is 10.9 Å². The fourth-order valence-electron chi connectivity index (χ4n) is 3.52. The van der Waals surface area contributed by atoms with Crippen molar-refractivity contribution in [3.63, 3.8) is 0 Å². The van der Waals surface area contributed by atoms with E-state index < -0.39 is 23.3 Å². The molecule has 1 aromatic heterocycles. The maximum Gasteiger partial charge on any atom is 0.332 e. The summed E-state index contributed by atoms with van der Waals surface area (Å²) >= 11 is 4.48. The maximum atomic E-state index is 13.1. The van der Waals surface area contributed by atoms with Gasteiger partial charge in [0.15, 0.2) is 0 Å². The van der Waals surface area contributed by atoms with Crippen molar-refractivity contribution in [3.05, 3.63) is 73.9 Å². The van der Waals surface area contributed by atoms with Crippen molar-refractivity contribution in [1.82, 2.24) is 9.13 Å². The van der Waals surface area contributed by atoms with E-state index in [1.807, 2.05) is 26.0 Å². The third kappa shape index (κ3) is 3.63. The monoisotopic (exact) mass is 411 g/mol. The molecule has 0 spiro atoms. The van der Waals surface area contributed by atoms with Gasteiger partial charge in [0.2, 0.25) is 0 Å². The maximum absolute atomic E-state index is 13.1.